The molecule has 2 heterocycles. The van der Waals surface area contributed by atoms with E-state index < -0.39 is 23.5 Å². The van der Waals surface area contributed by atoms with Gasteiger partial charge in [-0.15, -0.1) is 0 Å². The van der Waals surface area contributed by atoms with Gasteiger partial charge in [0.15, 0.2) is 0 Å². The molecule has 0 bridgehead atoms. The highest BCUT2D eigenvalue weighted by atomic mass is 16.4. The largest absolute Gasteiger partial charge is 0.548 e. The average molecular weight is 384 g/mol. The number of unbranched alkanes of at least 4 members (excludes halogenated alkanes) is 1. The molecule has 2 aromatic heterocycles. The number of benzene rings is 1. The average Bonchev–Trinajstić information content (AvgIpc) is 3.00. The van der Waals surface area contributed by atoms with Crippen molar-refractivity contribution in [3.63, 3.8) is 0 Å². The Morgan fingerprint density at radius 2 is 1.93 bits per heavy atom. The quantitative estimate of drug-likeness (QED) is 0.625. The maximum absolute atomic E-state index is 12.4. The number of carbonyl (C=O) groups excluding carboxylic acids is 2. The van der Waals surface area contributed by atoms with Crippen LogP contribution in [0.2, 0.25) is 0 Å². The van der Waals surface area contributed by atoms with Crippen molar-refractivity contribution in [2.45, 2.75) is 52.5 Å². The van der Waals surface area contributed by atoms with Crippen LogP contribution in [0.3, 0.4) is 0 Å². The number of nitrogens with one attached hydrogen (secondary N) is 1. The van der Waals surface area contributed by atoms with E-state index in [9.17, 15) is 19.5 Å². The van der Waals surface area contributed by atoms with Crippen LogP contribution in [0, 0.1) is 13.8 Å². The van der Waals surface area contributed by atoms with Crippen molar-refractivity contribution in [2.75, 3.05) is 0 Å². The molecule has 0 aliphatic rings. The summed E-state index contributed by atoms with van der Waals surface area (Å²) in [6.45, 7) is 5.59. The fraction of sp³-hybridized carbons (Fsp3) is 0.381. The number of carbonyl (C=O) groups is 2. The Labute approximate surface area is 161 Å². The minimum atomic E-state index is -1.33. The number of carboxylic acids is 1. The summed E-state index contributed by atoms with van der Waals surface area (Å²) in [4.78, 5) is 36.0. The first-order valence-corrected chi connectivity index (χ1v) is 9.26. The molecule has 7 nitrogen and oxygen atoms in total. The summed E-state index contributed by atoms with van der Waals surface area (Å²) in [5, 5.41) is 15.3. The third kappa shape index (κ3) is 3.78. The number of aryl methyl sites for hydroxylation is 2. The monoisotopic (exact) mass is 384 g/mol. The SMILES string of the molecule is CCCC[C@@H](NC(=O)Cc1c(C)c2cc3c(C)coc3cc2oc1=O)C(=O)[O-]. The number of hydrogen-bond acceptors (Lipinski definition) is 6. The van der Waals surface area contributed by atoms with Crippen LogP contribution in [0.1, 0.15) is 42.9 Å². The van der Waals surface area contributed by atoms with Gasteiger partial charge in [-0.3, -0.25) is 4.79 Å². The van der Waals surface area contributed by atoms with Gasteiger partial charge in [-0.05, 0) is 37.5 Å². The fourth-order valence-corrected chi connectivity index (χ4v) is 3.30. The van der Waals surface area contributed by atoms with Crippen LogP contribution in [0.5, 0.6) is 0 Å². The maximum Gasteiger partial charge on any atom is 0.340 e. The summed E-state index contributed by atoms with van der Waals surface area (Å²) in [6.07, 6.45) is 3.10. The zero-order chi connectivity index (χ0) is 20.4. The number of fused-ring (bicyclic) bond motifs is 2. The van der Waals surface area contributed by atoms with Gasteiger partial charge in [-0.2, -0.15) is 0 Å². The molecular weight excluding hydrogens is 362 g/mol. The Bertz CT molecular complexity index is 1110. The van der Waals surface area contributed by atoms with E-state index in [0.717, 1.165) is 17.4 Å². The van der Waals surface area contributed by atoms with E-state index in [4.69, 9.17) is 8.83 Å². The molecule has 0 aliphatic heterocycles. The van der Waals surface area contributed by atoms with Crippen LogP contribution in [0.25, 0.3) is 21.9 Å². The molecule has 0 spiro atoms. The van der Waals surface area contributed by atoms with Gasteiger partial charge in [0, 0.05) is 16.8 Å². The Morgan fingerprint density at radius 1 is 1.18 bits per heavy atom. The molecule has 0 unspecified atom stereocenters. The maximum atomic E-state index is 12.4. The number of aliphatic carboxylic acids is 1. The van der Waals surface area contributed by atoms with Crippen LogP contribution < -0.4 is 16.0 Å². The van der Waals surface area contributed by atoms with E-state index in [1.807, 2.05) is 19.9 Å². The number of rotatable bonds is 7. The summed E-state index contributed by atoms with van der Waals surface area (Å²) in [5.74, 6) is -1.89. The summed E-state index contributed by atoms with van der Waals surface area (Å²) < 4.78 is 10.8. The summed E-state index contributed by atoms with van der Waals surface area (Å²) in [5.41, 5.74) is 2.16. The molecule has 3 rings (SSSR count). The van der Waals surface area contributed by atoms with Crippen LogP contribution in [0.4, 0.5) is 0 Å². The predicted octanol–water partition coefficient (Wildman–Crippen LogP) is 2.12. The van der Waals surface area contributed by atoms with Crippen LogP contribution in [-0.4, -0.2) is 17.9 Å². The smallest absolute Gasteiger partial charge is 0.340 e. The Hall–Kier alpha value is -3.09. The Kier molecular flexibility index (Phi) is 5.53. The van der Waals surface area contributed by atoms with Crippen LogP contribution in [-0.2, 0) is 16.0 Å². The molecule has 0 saturated carbocycles. The lowest BCUT2D eigenvalue weighted by Crippen LogP contribution is -2.48. The molecule has 7 heteroatoms. The molecule has 28 heavy (non-hydrogen) atoms. The van der Waals surface area contributed by atoms with E-state index in [-0.39, 0.29) is 18.4 Å². The number of amides is 1. The van der Waals surface area contributed by atoms with E-state index in [0.29, 0.717) is 28.5 Å². The van der Waals surface area contributed by atoms with Gasteiger partial charge < -0.3 is 24.1 Å². The van der Waals surface area contributed by atoms with Crippen LogP contribution >= 0.6 is 0 Å². The first kappa shape index (κ1) is 19.7. The zero-order valence-electron chi connectivity index (χ0n) is 16.1. The van der Waals surface area contributed by atoms with E-state index >= 15 is 0 Å². The van der Waals surface area contributed by atoms with E-state index in [2.05, 4.69) is 5.32 Å². The molecule has 0 radical (unpaired) electrons. The second kappa shape index (κ2) is 7.88. The Morgan fingerprint density at radius 3 is 2.61 bits per heavy atom. The second-order valence-corrected chi connectivity index (χ2v) is 7.01. The molecule has 0 aliphatic carbocycles. The second-order valence-electron chi connectivity index (χ2n) is 7.01. The first-order chi connectivity index (χ1) is 13.3. The van der Waals surface area contributed by atoms with Crippen molar-refractivity contribution in [3.05, 3.63) is 45.5 Å². The first-order valence-electron chi connectivity index (χ1n) is 9.26. The normalized spacial score (nSPS) is 12.4. The van der Waals surface area contributed by atoms with Crippen molar-refractivity contribution in [2.24, 2.45) is 0 Å². The van der Waals surface area contributed by atoms with Gasteiger partial charge in [-0.25, -0.2) is 4.79 Å². The van der Waals surface area contributed by atoms with Crippen molar-refractivity contribution >= 4 is 33.8 Å². The van der Waals surface area contributed by atoms with Gasteiger partial charge in [0.2, 0.25) is 5.91 Å². The van der Waals surface area contributed by atoms with Gasteiger partial charge in [0.25, 0.3) is 0 Å². The molecule has 1 atom stereocenters. The molecule has 1 amide bonds. The topological polar surface area (TPSA) is 113 Å². The molecular formula is C21H22NO6-. The molecule has 0 saturated heterocycles. The highest BCUT2D eigenvalue weighted by Crippen LogP contribution is 2.28. The molecule has 148 valence electrons. The molecule has 1 aromatic carbocycles. The van der Waals surface area contributed by atoms with Gasteiger partial charge in [0.05, 0.1) is 30.3 Å². The van der Waals surface area contributed by atoms with Gasteiger partial charge in [-0.1, -0.05) is 19.8 Å². The summed E-state index contributed by atoms with van der Waals surface area (Å²) in [7, 11) is 0. The van der Waals surface area contributed by atoms with E-state index in [1.165, 1.54) is 0 Å². The highest BCUT2D eigenvalue weighted by Gasteiger charge is 2.19. The van der Waals surface area contributed by atoms with Crippen molar-refractivity contribution in [1.82, 2.24) is 5.32 Å². The summed E-state index contributed by atoms with van der Waals surface area (Å²) >= 11 is 0. The van der Waals surface area contributed by atoms with Crippen molar-refractivity contribution < 1.29 is 23.5 Å². The predicted molar refractivity (Wildman–Crippen MR) is 102 cm³/mol. The Balaban J connectivity index is 1.92. The molecule has 0 fully saturated rings. The molecule has 3 aromatic rings. The van der Waals surface area contributed by atoms with Crippen molar-refractivity contribution in [1.29, 1.82) is 0 Å². The minimum absolute atomic E-state index is 0.207. The highest BCUT2D eigenvalue weighted by molar-refractivity contribution is 5.96. The van der Waals surface area contributed by atoms with Crippen LogP contribution in [0.15, 0.2) is 32.0 Å². The van der Waals surface area contributed by atoms with Gasteiger partial charge >= 0.3 is 5.63 Å². The lowest BCUT2D eigenvalue weighted by Gasteiger charge is -2.19. The van der Waals surface area contributed by atoms with Crippen molar-refractivity contribution in [3.8, 4) is 0 Å². The number of hydrogen-bond donors (Lipinski definition) is 1. The standard InChI is InChI=1S/C21H23NO6/c1-4-5-6-16(20(24)25)22-19(23)8-15-12(3)14-7-13-11(2)10-27-17(13)9-18(14)28-21(15)26/h7,9-10,16H,4-6,8H2,1-3H3,(H,22,23)(H,24,25)/p-1/t16-/m1/s1. The third-order valence-corrected chi connectivity index (χ3v) is 4.98. The molecule has 1 N–H and O–H groups in total. The number of carboxylic acid groups (broad SMARTS) is 1. The summed E-state index contributed by atoms with van der Waals surface area (Å²) in [6, 6.07) is 2.45. The lowest BCUT2D eigenvalue weighted by molar-refractivity contribution is -0.308. The third-order valence-electron chi connectivity index (χ3n) is 4.98. The number of furan rings is 1. The fourth-order valence-electron chi connectivity index (χ4n) is 3.30. The minimum Gasteiger partial charge on any atom is -0.548 e. The lowest BCUT2D eigenvalue weighted by atomic mass is 10.0. The van der Waals surface area contributed by atoms with E-state index in [1.54, 1.807) is 19.3 Å². The van der Waals surface area contributed by atoms with Gasteiger partial charge in [0.1, 0.15) is 11.2 Å². The zero-order valence-corrected chi connectivity index (χ0v) is 16.1.